The highest BCUT2D eigenvalue weighted by Crippen LogP contribution is 2.21. The van der Waals surface area contributed by atoms with E-state index in [2.05, 4.69) is 5.32 Å². The molecule has 6 heteroatoms. The molecule has 1 aromatic carbocycles. The quantitative estimate of drug-likeness (QED) is 0.804. The zero-order chi connectivity index (χ0) is 17.7. The van der Waals surface area contributed by atoms with Gasteiger partial charge in [-0.1, -0.05) is 12.1 Å². The van der Waals surface area contributed by atoms with E-state index < -0.39 is 5.97 Å². The summed E-state index contributed by atoms with van der Waals surface area (Å²) in [5.74, 6) is 1.51. The van der Waals surface area contributed by atoms with Crippen LogP contribution in [-0.4, -0.2) is 24.7 Å². The number of benzene rings is 1. The molecule has 0 aliphatic heterocycles. The molecule has 0 saturated heterocycles. The predicted octanol–water partition coefficient (Wildman–Crippen LogP) is 3.86. The normalized spacial score (nSPS) is 10.5. The van der Waals surface area contributed by atoms with Crippen molar-refractivity contribution in [2.75, 3.05) is 18.2 Å². The minimum absolute atomic E-state index is 0.0647. The van der Waals surface area contributed by atoms with Crippen molar-refractivity contribution in [2.45, 2.75) is 26.5 Å². The lowest BCUT2D eigenvalue weighted by Gasteiger charge is -2.09. The van der Waals surface area contributed by atoms with E-state index in [4.69, 9.17) is 9.15 Å². The minimum Gasteiger partial charge on any atom is -0.465 e. The molecule has 24 heavy (non-hydrogen) atoms. The topological polar surface area (TPSA) is 68.5 Å². The predicted molar refractivity (Wildman–Crippen MR) is 95.5 cm³/mol. The average molecular weight is 347 g/mol. The van der Waals surface area contributed by atoms with Gasteiger partial charge in [-0.05, 0) is 44.0 Å². The molecule has 2 rings (SSSR count). The smallest absolute Gasteiger partial charge is 0.341 e. The zero-order valence-corrected chi connectivity index (χ0v) is 15.1. The van der Waals surface area contributed by atoms with Crippen molar-refractivity contribution in [3.8, 4) is 0 Å². The number of hydrogen-bond acceptors (Lipinski definition) is 5. The highest BCUT2D eigenvalue weighted by molar-refractivity contribution is 7.99. The Labute approximate surface area is 145 Å². The number of aryl methyl sites for hydroxylation is 2. The Kier molecular flexibility index (Phi) is 6.09. The first-order valence-electron chi connectivity index (χ1n) is 7.53. The molecule has 0 unspecified atom stereocenters. The second-order valence-electron chi connectivity index (χ2n) is 5.46. The van der Waals surface area contributed by atoms with Crippen LogP contribution in [-0.2, 0) is 15.3 Å². The molecule has 1 aromatic heterocycles. The standard InChI is InChI=1S/C18H21NO4S/c1-11-6-5-7-16(12(11)2)19-17(20)10-24-9-14-8-15(13(3)23-14)18(21)22-4/h5-8H,9-10H2,1-4H3,(H,19,20). The number of methoxy groups -OCH3 is 1. The van der Waals surface area contributed by atoms with E-state index in [1.165, 1.54) is 18.9 Å². The number of ether oxygens (including phenoxy) is 1. The van der Waals surface area contributed by atoms with Crippen LogP contribution in [0.4, 0.5) is 5.69 Å². The van der Waals surface area contributed by atoms with Crippen molar-refractivity contribution in [1.29, 1.82) is 0 Å². The van der Waals surface area contributed by atoms with Crippen molar-refractivity contribution in [2.24, 2.45) is 0 Å². The van der Waals surface area contributed by atoms with Crippen LogP contribution in [0.2, 0.25) is 0 Å². The van der Waals surface area contributed by atoms with Crippen molar-refractivity contribution in [1.82, 2.24) is 0 Å². The van der Waals surface area contributed by atoms with Crippen molar-refractivity contribution in [3.63, 3.8) is 0 Å². The Bertz CT molecular complexity index is 751. The molecule has 0 atom stereocenters. The van der Waals surface area contributed by atoms with E-state index in [0.29, 0.717) is 28.6 Å². The SMILES string of the molecule is COC(=O)c1cc(CSCC(=O)Nc2cccc(C)c2C)oc1C. The second kappa shape index (κ2) is 8.06. The minimum atomic E-state index is -0.417. The van der Waals surface area contributed by atoms with Gasteiger partial charge in [0.25, 0.3) is 0 Å². The number of anilines is 1. The van der Waals surface area contributed by atoms with Crippen LogP contribution >= 0.6 is 11.8 Å². The summed E-state index contributed by atoms with van der Waals surface area (Å²) in [5, 5.41) is 2.92. The number of esters is 1. The van der Waals surface area contributed by atoms with E-state index in [-0.39, 0.29) is 5.91 Å². The number of furan rings is 1. The number of hydrogen-bond donors (Lipinski definition) is 1. The van der Waals surface area contributed by atoms with Crippen LogP contribution in [0.1, 0.15) is 33.0 Å². The van der Waals surface area contributed by atoms with Gasteiger partial charge < -0.3 is 14.5 Å². The molecular weight excluding hydrogens is 326 g/mol. The maximum absolute atomic E-state index is 12.1. The number of carbonyl (C=O) groups is 2. The average Bonchev–Trinajstić information content (AvgIpc) is 2.92. The third-order valence-electron chi connectivity index (χ3n) is 3.73. The lowest BCUT2D eigenvalue weighted by Crippen LogP contribution is -2.15. The van der Waals surface area contributed by atoms with Crippen molar-refractivity contribution >= 4 is 29.3 Å². The molecule has 1 heterocycles. The van der Waals surface area contributed by atoms with E-state index in [0.717, 1.165) is 16.8 Å². The highest BCUT2D eigenvalue weighted by Gasteiger charge is 2.15. The Morgan fingerprint density at radius 3 is 2.71 bits per heavy atom. The van der Waals surface area contributed by atoms with Gasteiger partial charge in [-0.25, -0.2) is 4.79 Å². The van der Waals surface area contributed by atoms with E-state index in [1.807, 2.05) is 32.0 Å². The molecule has 1 amide bonds. The summed E-state index contributed by atoms with van der Waals surface area (Å²) in [7, 11) is 1.33. The fourth-order valence-corrected chi connectivity index (χ4v) is 2.95. The molecule has 1 N–H and O–H groups in total. The van der Waals surface area contributed by atoms with Crippen LogP contribution < -0.4 is 5.32 Å². The maximum Gasteiger partial charge on any atom is 0.341 e. The fraction of sp³-hybridized carbons (Fsp3) is 0.333. The van der Waals surface area contributed by atoms with Gasteiger partial charge in [0, 0.05) is 5.69 Å². The Morgan fingerprint density at radius 2 is 2.00 bits per heavy atom. The Hall–Kier alpha value is -2.21. The zero-order valence-electron chi connectivity index (χ0n) is 14.3. The Balaban J connectivity index is 1.87. The first-order chi connectivity index (χ1) is 11.4. The van der Waals surface area contributed by atoms with Gasteiger partial charge in [-0.15, -0.1) is 11.8 Å². The molecule has 0 aliphatic rings. The summed E-state index contributed by atoms with van der Waals surface area (Å²) in [6, 6.07) is 7.49. The van der Waals surface area contributed by atoms with E-state index in [9.17, 15) is 9.59 Å². The molecule has 128 valence electrons. The summed E-state index contributed by atoms with van der Waals surface area (Å²) in [6.45, 7) is 5.71. The van der Waals surface area contributed by atoms with Gasteiger partial charge >= 0.3 is 5.97 Å². The van der Waals surface area contributed by atoms with Crippen LogP contribution in [0.15, 0.2) is 28.7 Å². The molecule has 5 nitrogen and oxygen atoms in total. The monoisotopic (exact) mass is 347 g/mol. The molecule has 0 aliphatic carbocycles. The van der Waals surface area contributed by atoms with Gasteiger partial charge in [0.2, 0.25) is 5.91 Å². The highest BCUT2D eigenvalue weighted by atomic mass is 32.2. The molecule has 0 fully saturated rings. The number of rotatable bonds is 6. The van der Waals surface area contributed by atoms with Gasteiger partial charge in [0.1, 0.15) is 17.1 Å². The van der Waals surface area contributed by atoms with Gasteiger partial charge in [-0.2, -0.15) is 0 Å². The number of thioether (sulfide) groups is 1. The van der Waals surface area contributed by atoms with Crippen LogP contribution in [0.3, 0.4) is 0 Å². The van der Waals surface area contributed by atoms with Gasteiger partial charge in [0.05, 0.1) is 18.6 Å². The van der Waals surface area contributed by atoms with Crippen LogP contribution in [0.5, 0.6) is 0 Å². The summed E-state index contributed by atoms with van der Waals surface area (Å²) in [5.41, 5.74) is 3.47. The molecule has 0 bridgehead atoms. The number of amides is 1. The van der Waals surface area contributed by atoms with E-state index >= 15 is 0 Å². The third kappa shape index (κ3) is 4.41. The lowest BCUT2D eigenvalue weighted by atomic mass is 10.1. The molecule has 2 aromatic rings. The second-order valence-corrected chi connectivity index (χ2v) is 6.45. The summed E-state index contributed by atoms with van der Waals surface area (Å²) >= 11 is 1.43. The molecule has 0 radical (unpaired) electrons. The van der Waals surface area contributed by atoms with Crippen molar-refractivity contribution < 1.29 is 18.7 Å². The fourth-order valence-electron chi connectivity index (χ4n) is 2.24. The number of nitrogens with one attached hydrogen (secondary N) is 1. The summed E-state index contributed by atoms with van der Waals surface area (Å²) < 4.78 is 10.2. The molecular formula is C18H21NO4S. The molecule has 0 saturated carbocycles. The third-order valence-corrected chi connectivity index (χ3v) is 4.69. The first kappa shape index (κ1) is 18.1. The first-order valence-corrected chi connectivity index (χ1v) is 8.69. The summed E-state index contributed by atoms with van der Waals surface area (Å²) in [6.07, 6.45) is 0. The van der Waals surface area contributed by atoms with Crippen molar-refractivity contribution in [3.05, 3.63) is 52.5 Å². The van der Waals surface area contributed by atoms with Gasteiger partial charge in [-0.3, -0.25) is 4.79 Å². The lowest BCUT2D eigenvalue weighted by molar-refractivity contribution is -0.113. The van der Waals surface area contributed by atoms with Crippen LogP contribution in [0.25, 0.3) is 0 Å². The molecule has 0 spiro atoms. The number of carbonyl (C=O) groups excluding carboxylic acids is 2. The largest absolute Gasteiger partial charge is 0.465 e. The van der Waals surface area contributed by atoms with Gasteiger partial charge in [0.15, 0.2) is 0 Å². The van der Waals surface area contributed by atoms with E-state index in [1.54, 1.807) is 13.0 Å². The van der Waals surface area contributed by atoms with Crippen LogP contribution in [0, 0.1) is 20.8 Å². The maximum atomic E-state index is 12.1. The Morgan fingerprint density at radius 1 is 1.25 bits per heavy atom. The summed E-state index contributed by atoms with van der Waals surface area (Å²) in [4.78, 5) is 23.6.